The molecule has 2 saturated heterocycles. The minimum atomic E-state index is -0.395. The van der Waals surface area contributed by atoms with Crippen LogP contribution in [0.4, 0.5) is 5.13 Å². The smallest absolute Gasteiger partial charge is 0.249 e. The van der Waals surface area contributed by atoms with Crippen LogP contribution in [0.2, 0.25) is 0 Å². The summed E-state index contributed by atoms with van der Waals surface area (Å²) in [5.41, 5.74) is 0. The van der Waals surface area contributed by atoms with Gasteiger partial charge in [0.15, 0.2) is 0 Å². The SMILES string of the molecule is CCCCc1nnc(NC(=O)C2CSC3(C)CCC(=O)N23)s1. The van der Waals surface area contributed by atoms with Crippen molar-refractivity contribution in [3.63, 3.8) is 0 Å². The van der Waals surface area contributed by atoms with E-state index in [0.29, 0.717) is 17.3 Å². The molecule has 0 radical (unpaired) electrons. The Bertz CT molecular complexity index is 591. The van der Waals surface area contributed by atoms with Crippen LogP contribution in [0.1, 0.15) is 44.5 Å². The topological polar surface area (TPSA) is 75.2 Å². The highest BCUT2D eigenvalue weighted by Gasteiger charge is 2.52. The number of aryl methyl sites for hydroxylation is 1. The lowest BCUT2D eigenvalue weighted by atomic mass is 10.2. The minimum Gasteiger partial charge on any atom is -0.315 e. The van der Waals surface area contributed by atoms with E-state index in [2.05, 4.69) is 22.4 Å². The van der Waals surface area contributed by atoms with Crippen molar-refractivity contribution in [2.45, 2.75) is 56.9 Å². The lowest BCUT2D eigenvalue weighted by molar-refractivity contribution is -0.135. The predicted molar refractivity (Wildman–Crippen MR) is 87.9 cm³/mol. The molecule has 1 N–H and O–H groups in total. The molecule has 8 heteroatoms. The normalized spacial score (nSPS) is 27.3. The molecule has 2 fully saturated rings. The Balaban J connectivity index is 1.65. The quantitative estimate of drug-likeness (QED) is 0.890. The van der Waals surface area contributed by atoms with Crippen molar-refractivity contribution >= 4 is 40.0 Å². The Morgan fingerprint density at radius 3 is 3.09 bits per heavy atom. The molecule has 120 valence electrons. The van der Waals surface area contributed by atoms with Crippen molar-refractivity contribution in [1.29, 1.82) is 0 Å². The molecule has 22 heavy (non-hydrogen) atoms. The van der Waals surface area contributed by atoms with Gasteiger partial charge in [-0.1, -0.05) is 24.7 Å². The van der Waals surface area contributed by atoms with Crippen LogP contribution in [-0.2, 0) is 16.0 Å². The van der Waals surface area contributed by atoms with Crippen LogP contribution in [0.15, 0.2) is 0 Å². The lowest BCUT2D eigenvalue weighted by Crippen LogP contribution is -2.48. The van der Waals surface area contributed by atoms with Gasteiger partial charge in [-0.25, -0.2) is 0 Å². The second-order valence-corrected chi connectivity index (χ2v) is 8.42. The molecular formula is C14H20N4O2S2. The van der Waals surface area contributed by atoms with Crippen molar-refractivity contribution < 1.29 is 9.59 Å². The summed E-state index contributed by atoms with van der Waals surface area (Å²) in [5, 5.41) is 12.4. The number of amides is 2. The molecule has 2 amide bonds. The standard InChI is InChI=1S/C14H20N4O2S2/c1-3-4-5-10-16-17-13(22-10)15-12(20)9-8-21-14(2)7-6-11(19)18(9)14/h9H,3-8H2,1-2H3,(H,15,17,20). The summed E-state index contributed by atoms with van der Waals surface area (Å²) in [6, 6.07) is -0.395. The highest BCUT2D eigenvalue weighted by Crippen LogP contribution is 2.47. The van der Waals surface area contributed by atoms with E-state index >= 15 is 0 Å². The fourth-order valence-electron chi connectivity index (χ4n) is 2.94. The number of unbranched alkanes of at least 4 members (excludes halogenated alkanes) is 1. The zero-order valence-corrected chi connectivity index (χ0v) is 14.4. The van der Waals surface area contributed by atoms with Gasteiger partial charge in [0.2, 0.25) is 16.9 Å². The maximum atomic E-state index is 12.5. The van der Waals surface area contributed by atoms with Crippen LogP contribution < -0.4 is 5.32 Å². The van der Waals surface area contributed by atoms with Crippen LogP contribution in [-0.4, -0.2) is 43.6 Å². The van der Waals surface area contributed by atoms with Gasteiger partial charge in [0.05, 0.1) is 4.87 Å². The number of rotatable bonds is 5. The number of carbonyl (C=O) groups is 2. The third kappa shape index (κ3) is 2.86. The Kier molecular flexibility index (Phi) is 4.40. The summed E-state index contributed by atoms with van der Waals surface area (Å²) in [6.07, 6.45) is 4.43. The average molecular weight is 340 g/mol. The summed E-state index contributed by atoms with van der Waals surface area (Å²) < 4.78 is 0. The van der Waals surface area contributed by atoms with E-state index < -0.39 is 6.04 Å². The lowest BCUT2D eigenvalue weighted by Gasteiger charge is -2.29. The summed E-state index contributed by atoms with van der Waals surface area (Å²) in [5.74, 6) is 0.577. The highest BCUT2D eigenvalue weighted by atomic mass is 32.2. The van der Waals surface area contributed by atoms with Gasteiger partial charge in [0.25, 0.3) is 0 Å². The monoisotopic (exact) mass is 340 g/mol. The molecule has 0 spiro atoms. The molecule has 2 aliphatic heterocycles. The summed E-state index contributed by atoms with van der Waals surface area (Å²) in [6.45, 7) is 4.18. The number of hydrogen-bond acceptors (Lipinski definition) is 6. The Morgan fingerprint density at radius 1 is 1.50 bits per heavy atom. The summed E-state index contributed by atoms with van der Waals surface area (Å²) in [4.78, 5) is 26.1. The Morgan fingerprint density at radius 2 is 2.32 bits per heavy atom. The fourth-order valence-corrected chi connectivity index (χ4v) is 5.15. The van der Waals surface area contributed by atoms with Crippen molar-refractivity contribution in [3.8, 4) is 0 Å². The van der Waals surface area contributed by atoms with E-state index in [0.717, 1.165) is 30.7 Å². The predicted octanol–water partition coefficient (Wildman–Crippen LogP) is 2.27. The second kappa shape index (κ2) is 6.16. The van der Waals surface area contributed by atoms with Gasteiger partial charge in [-0.2, -0.15) is 0 Å². The number of thioether (sulfide) groups is 1. The number of nitrogens with zero attached hydrogens (tertiary/aromatic N) is 3. The van der Waals surface area contributed by atoms with Crippen LogP contribution in [0.5, 0.6) is 0 Å². The van der Waals surface area contributed by atoms with E-state index in [4.69, 9.17) is 0 Å². The molecule has 6 nitrogen and oxygen atoms in total. The van der Waals surface area contributed by atoms with Gasteiger partial charge < -0.3 is 4.90 Å². The van der Waals surface area contributed by atoms with Gasteiger partial charge in [-0.05, 0) is 19.8 Å². The van der Waals surface area contributed by atoms with Crippen molar-refractivity contribution in [2.24, 2.45) is 0 Å². The molecule has 2 unspecified atom stereocenters. The van der Waals surface area contributed by atoms with Crippen LogP contribution in [0, 0.1) is 0 Å². The molecule has 0 saturated carbocycles. The van der Waals surface area contributed by atoms with Gasteiger partial charge in [0.1, 0.15) is 11.0 Å². The minimum absolute atomic E-state index is 0.0774. The third-order valence-corrected chi connectivity index (χ3v) is 6.59. The zero-order valence-electron chi connectivity index (χ0n) is 12.8. The Labute approximate surface area is 138 Å². The van der Waals surface area contributed by atoms with E-state index in [9.17, 15) is 9.59 Å². The number of nitrogens with one attached hydrogen (secondary N) is 1. The molecule has 2 atom stereocenters. The number of fused-ring (bicyclic) bond motifs is 1. The first-order valence-electron chi connectivity index (χ1n) is 7.63. The van der Waals surface area contributed by atoms with Gasteiger partial charge in [-0.3, -0.25) is 14.9 Å². The first-order valence-corrected chi connectivity index (χ1v) is 9.43. The van der Waals surface area contributed by atoms with E-state index in [1.54, 1.807) is 16.7 Å². The van der Waals surface area contributed by atoms with Crippen molar-refractivity contribution in [1.82, 2.24) is 15.1 Å². The fraction of sp³-hybridized carbons (Fsp3) is 0.714. The molecule has 1 aromatic heterocycles. The molecule has 0 aromatic carbocycles. The molecular weight excluding hydrogens is 320 g/mol. The molecule has 3 heterocycles. The van der Waals surface area contributed by atoms with E-state index in [1.807, 2.05) is 6.92 Å². The largest absolute Gasteiger partial charge is 0.315 e. The number of aromatic nitrogens is 2. The van der Waals surface area contributed by atoms with Crippen molar-refractivity contribution in [2.75, 3.05) is 11.1 Å². The van der Waals surface area contributed by atoms with Gasteiger partial charge in [0, 0.05) is 18.6 Å². The number of anilines is 1. The number of carbonyl (C=O) groups excluding carboxylic acids is 2. The van der Waals surface area contributed by atoms with Crippen LogP contribution >= 0.6 is 23.1 Å². The molecule has 0 aliphatic carbocycles. The number of hydrogen-bond donors (Lipinski definition) is 1. The second-order valence-electron chi connectivity index (χ2n) is 5.86. The summed E-state index contributed by atoms with van der Waals surface area (Å²) >= 11 is 3.11. The van der Waals surface area contributed by atoms with E-state index in [-0.39, 0.29) is 16.7 Å². The first-order chi connectivity index (χ1) is 10.5. The third-order valence-electron chi connectivity index (χ3n) is 4.19. The zero-order chi connectivity index (χ0) is 15.7. The molecule has 2 aliphatic rings. The van der Waals surface area contributed by atoms with Crippen LogP contribution in [0.25, 0.3) is 0 Å². The molecule has 3 rings (SSSR count). The van der Waals surface area contributed by atoms with Gasteiger partial charge >= 0.3 is 0 Å². The average Bonchev–Trinajstić information content (AvgIpc) is 3.14. The highest BCUT2D eigenvalue weighted by molar-refractivity contribution is 8.01. The summed E-state index contributed by atoms with van der Waals surface area (Å²) in [7, 11) is 0. The molecule has 1 aromatic rings. The maximum absolute atomic E-state index is 12.5. The Hall–Kier alpha value is -1.15. The first kappa shape index (κ1) is 15.7. The maximum Gasteiger partial charge on any atom is 0.249 e. The van der Waals surface area contributed by atoms with E-state index in [1.165, 1.54) is 11.3 Å². The van der Waals surface area contributed by atoms with Crippen LogP contribution in [0.3, 0.4) is 0 Å². The van der Waals surface area contributed by atoms with Gasteiger partial charge in [-0.15, -0.1) is 22.0 Å². The molecule has 0 bridgehead atoms. The van der Waals surface area contributed by atoms with Crippen molar-refractivity contribution in [3.05, 3.63) is 5.01 Å².